The van der Waals surface area contributed by atoms with E-state index >= 15 is 0 Å². The lowest BCUT2D eigenvalue weighted by Crippen LogP contribution is -2.11. The largest absolute Gasteiger partial charge is 0.481 e. The number of H-pyrrole nitrogens is 1. The number of carboxylic acid groups (broad SMARTS) is 1. The second-order valence-corrected chi connectivity index (χ2v) is 5.11. The summed E-state index contributed by atoms with van der Waals surface area (Å²) in [6.45, 7) is 1.73. The Labute approximate surface area is 128 Å². The van der Waals surface area contributed by atoms with Gasteiger partial charge in [-0.05, 0) is 13.0 Å². The summed E-state index contributed by atoms with van der Waals surface area (Å²) in [5.74, 6) is -0.948. The number of aryl methyl sites for hydroxylation is 2. The van der Waals surface area contributed by atoms with Crippen LogP contribution in [0.3, 0.4) is 0 Å². The molecule has 0 fully saturated rings. The lowest BCUT2D eigenvalue weighted by Gasteiger charge is -2.04. The van der Waals surface area contributed by atoms with Gasteiger partial charge >= 0.3 is 5.97 Å². The molecule has 0 aliphatic rings. The third kappa shape index (κ3) is 2.41. The van der Waals surface area contributed by atoms with Gasteiger partial charge in [-0.2, -0.15) is 0 Å². The molecule has 0 unspecified atom stereocenters. The number of nitro groups is 1. The van der Waals surface area contributed by atoms with Crippen LogP contribution in [-0.4, -0.2) is 30.4 Å². The normalized spacial score (nSPS) is 11.2. The van der Waals surface area contributed by atoms with Crippen LogP contribution in [0.1, 0.15) is 17.8 Å². The lowest BCUT2D eigenvalue weighted by atomic mass is 10.2. The minimum atomic E-state index is -0.948. The van der Waals surface area contributed by atoms with E-state index < -0.39 is 16.5 Å². The highest BCUT2D eigenvalue weighted by Crippen LogP contribution is 2.21. The molecule has 0 aliphatic heterocycles. The van der Waals surface area contributed by atoms with Gasteiger partial charge in [0.25, 0.3) is 11.2 Å². The zero-order valence-electron chi connectivity index (χ0n) is 12.1. The molecule has 3 rings (SSSR count). The molecular weight excluding hydrogens is 304 g/mol. The van der Waals surface area contributed by atoms with E-state index in [0.29, 0.717) is 22.4 Å². The third-order valence-electron chi connectivity index (χ3n) is 3.66. The maximum atomic E-state index is 12.2. The van der Waals surface area contributed by atoms with Gasteiger partial charge in [0.1, 0.15) is 0 Å². The van der Waals surface area contributed by atoms with Crippen LogP contribution in [0.25, 0.3) is 16.7 Å². The maximum absolute atomic E-state index is 12.2. The van der Waals surface area contributed by atoms with Crippen LogP contribution >= 0.6 is 0 Å². The number of hydrogen-bond donors (Lipinski definition) is 2. The number of imidazole rings is 1. The summed E-state index contributed by atoms with van der Waals surface area (Å²) in [4.78, 5) is 40.0. The van der Waals surface area contributed by atoms with Crippen molar-refractivity contribution >= 4 is 28.3 Å². The van der Waals surface area contributed by atoms with Crippen molar-refractivity contribution in [1.82, 2.24) is 14.4 Å². The van der Waals surface area contributed by atoms with E-state index in [2.05, 4.69) is 9.97 Å². The summed E-state index contributed by atoms with van der Waals surface area (Å²) < 4.78 is 1.59. The molecule has 0 radical (unpaired) electrons. The number of non-ortho nitro benzene ring substituents is 1. The molecule has 0 saturated heterocycles. The van der Waals surface area contributed by atoms with Gasteiger partial charge < -0.3 is 10.1 Å². The SMILES string of the molecule is Cc1c(CCC(=O)O)nc2c(=O)[nH]c3cc([N+](=O)[O-])ccc3n12. The van der Waals surface area contributed by atoms with Gasteiger partial charge in [0.2, 0.25) is 5.65 Å². The second-order valence-electron chi connectivity index (χ2n) is 5.11. The molecule has 9 heteroatoms. The zero-order valence-corrected chi connectivity index (χ0v) is 12.1. The average molecular weight is 316 g/mol. The molecule has 2 aromatic heterocycles. The smallest absolute Gasteiger partial charge is 0.303 e. The van der Waals surface area contributed by atoms with E-state index in [9.17, 15) is 19.7 Å². The number of hydrogen-bond acceptors (Lipinski definition) is 5. The maximum Gasteiger partial charge on any atom is 0.303 e. The number of nitrogens with zero attached hydrogens (tertiary/aromatic N) is 3. The Morgan fingerprint density at radius 3 is 2.87 bits per heavy atom. The Bertz CT molecular complexity index is 1020. The highest BCUT2D eigenvalue weighted by molar-refractivity contribution is 5.80. The first kappa shape index (κ1) is 14.7. The van der Waals surface area contributed by atoms with Gasteiger partial charge in [0, 0.05) is 24.2 Å². The molecule has 0 saturated carbocycles. The minimum absolute atomic E-state index is 0.0912. The number of aliphatic carboxylic acids is 1. The van der Waals surface area contributed by atoms with Crippen molar-refractivity contribution in [2.75, 3.05) is 0 Å². The number of carbonyl (C=O) groups is 1. The number of carboxylic acids is 1. The van der Waals surface area contributed by atoms with Crippen LogP contribution in [-0.2, 0) is 11.2 Å². The number of benzene rings is 1. The molecule has 1 aromatic carbocycles. The summed E-state index contributed by atoms with van der Waals surface area (Å²) >= 11 is 0. The topological polar surface area (TPSA) is 131 Å². The molecule has 118 valence electrons. The highest BCUT2D eigenvalue weighted by atomic mass is 16.6. The summed E-state index contributed by atoms with van der Waals surface area (Å²) in [6, 6.07) is 4.16. The summed E-state index contributed by atoms with van der Waals surface area (Å²) in [7, 11) is 0. The molecule has 9 nitrogen and oxygen atoms in total. The average Bonchev–Trinajstić information content (AvgIpc) is 2.82. The van der Waals surface area contributed by atoms with E-state index in [1.165, 1.54) is 18.2 Å². The van der Waals surface area contributed by atoms with Gasteiger partial charge in [-0.25, -0.2) is 4.98 Å². The quantitative estimate of drug-likeness (QED) is 0.552. The Balaban J connectivity index is 2.28. The van der Waals surface area contributed by atoms with Crippen molar-refractivity contribution in [3.63, 3.8) is 0 Å². The predicted octanol–water partition coefficient (Wildman–Crippen LogP) is 1.41. The van der Waals surface area contributed by atoms with E-state index in [1.807, 2.05) is 0 Å². The van der Waals surface area contributed by atoms with Gasteiger partial charge in [0.05, 0.1) is 28.1 Å². The third-order valence-corrected chi connectivity index (χ3v) is 3.66. The minimum Gasteiger partial charge on any atom is -0.481 e. The van der Waals surface area contributed by atoms with Crippen molar-refractivity contribution in [2.45, 2.75) is 19.8 Å². The number of nitro benzene ring substituents is 1. The molecule has 0 atom stereocenters. The van der Waals surface area contributed by atoms with Crippen LogP contribution in [0.5, 0.6) is 0 Å². The van der Waals surface area contributed by atoms with Gasteiger partial charge in [0.15, 0.2) is 0 Å². The lowest BCUT2D eigenvalue weighted by molar-refractivity contribution is -0.384. The van der Waals surface area contributed by atoms with Crippen LogP contribution < -0.4 is 5.56 Å². The van der Waals surface area contributed by atoms with Crippen LogP contribution in [0.4, 0.5) is 5.69 Å². The van der Waals surface area contributed by atoms with E-state index in [1.54, 1.807) is 11.3 Å². The fraction of sp³-hybridized carbons (Fsp3) is 0.214. The number of nitrogens with one attached hydrogen (secondary N) is 1. The number of rotatable bonds is 4. The van der Waals surface area contributed by atoms with Crippen LogP contribution in [0.15, 0.2) is 23.0 Å². The van der Waals surface area contributed by atoms with E-state index in [4.69, 9.17) is 5.11 Å². The van der Waals surface area contributed by atoms with Crippen molar-refractivity contribution in [3.8, 4) is 0 Å². The summed E-state index contributed by atoms with van der Waals surface area (Å²) in [5.41, 5.74) is 1.58. The second kappa shape index (κ2) is 5.20. The van der Waals surface area contributed by atoms with Gasteiger partial charge in [-0.1, -0.05) is 0 Å². The Kier molecular flexibility index (Phi) is 3.32. The van der Waals surface area contributed by atoms with Crippen molar-refractivity contribution < 1.29 is 14.8 Å². The molecule has 3 aromatic rings. The zero-order chi connectivity index (χ0) is 16.7. The number of aromatic amines is 1. The molecule has 23 heavy (non-hydrogen) atoms. The first-order valence-corrected chi connectivity index (χ1v) is 6.78. The fourth-order valence-electron chi connectivity index (χ4n) is 2.57. The van der Waals surface area contributed by atoms with E-state index in [0.717, 1.165) is 0 Å². The summed E-state index contributed by atoms with van der Waals surface area (Å²) in [6.07, 6.45) is 0.114. The van der Waals surface area contributed by atoms with Crippen molar-refractivity contribution in [2.24, 2.45) is 0 Å². The predicted molar refractivity (Wildman–Crippen MR) is 80.7 cm³/mol. The summed E-state index contributed by atoms with van der Waals surface area (Å²) in [5, 5.41) is 19.6. The molecule has 0 bridgehead atoms. The van der Waals surface area contributed by atoms with Crippen molar-refractivity contribution in [1.29, 1.82) is 0 Å². The monoisotopic (exact) mass is 316 g/mol. The van der Waals surface area contributed by atoms with Gasteiger partial charge in [-0.3, -0.25) is 24.1 Å². The molecule has 0 aliphatic carbocycles. The molecule has 0 spiro atoms. The van der Waals surface area contributed by atoms with Crippen molar-refractivity contribution in [3.05, 3.63) is 50.1 Å². The molecule has 2 heterocycles. The Morgan fingerprint density at radius 2 is 2.22 bits per heavy atom. The molecule has 2 N–H and O–H groups in total. The number of aromatic nitrogens is 3. The first-order chi connectivity index (χ1) is 10.9. The Morgan fingerprint density at radius 1 is 1.48 bits per heavy atom. The standard InChI is InChI=1S/C14H12N4O5/c1-7-9(3-5-12(19)20)15-13-14(21)16-10-6-8(18(22)23)2-4-11(10)17(7)13/h2,4,6H,3,5H2,1H3,(H,16,21)(H,19,20). The molecular formula is C14H12N4O5. The highest BCUT2D eigenvalue weighted by Gasteiger charge is 2.16. The molecule has 0 amide bonds. The number of fused-ring (bicyclic) bond motifs is 3. The Hall–Kier alpha value is -3.23. The van der Waals surface area contributed by atoms with Crippen LogP contribution in [0, 0.1) is 17.0 Å². The van der Waals surface area contributed by atoms with Crippen LogP contribution in [0.2, 0.25) is 0 Å². The van der Waals surface area contributed by atoms with E-state index in [-0.39, 0.29) is 24.2 Å². The fourth-order valence-corrected chi connectivity index (χ4v) is 2.57. The van der Waals surface area contributed by atoms with Gasteiger partial charge in [-0.15, -0.1) is 0 Å². The first-order valence-electron chi connectivity index (χ1n) is 6.78.